The molecule has 0 unspecified atom stereocenters. The van der Waals surface area contributed by atoms with Crippen LogP contribution < -0.4 is 10.6 Å². The Hall–Kier alpha value is -1.80. The third-order valence-electron chi connectivity index (χ3n) is 4.02. The van der Waals surface area contributed by atoms with Crippen LogP contribution in [-0.2, 0) is 19.4 Å². The van der Waals surface area contributed by atoms with Gasteiger partial charge in [0.15, 0.2) is 0 Å². The molecule has 0 saturated carbocycles. The molecule has 0 radical (unpaired) electrons. The van der Waals surface area contributed by atoms with Crippen molar-refractivity contribution < 1.29 is 0 Å². The van der Waals surface area contributed by atoms with Gasteiger partial charge >= 0.3 is 0 Å². The van der Waals surface area contributed by atoms with E-state index in [0.717, 1.165) is 32.5 Å². The molecule has 104 valence electrons. The average molecular weight is 266 g/mol. The number of nitrogens with two attached hydrogens (primary N) is 1. The number of hydrogen-bond donors (Lipinski definition) is 1. The van der Waals surface area contributed by atoms with Crippen LogP contribution in [0.5, 0.6) is 0 Å². The first-order valence-corrected chi connectivity index (χ1v) is 7.47. The Balaban J connectivity index is 1.74. The number of benzene rings is 2. The Bertz CT molecular complexity index is 563. The van der Waals surface area contributed by atoms with Crippen LogP contribution in [0.15, 0.2) is 48.5 Å². The summed E-state index contributed by atoms with van der Waals surface area (Å²) in [6.45, 7) is 2.91. The lowest BCUT2D eigenvalue weighted by Crippen LogP contribution is -2.19. The zero-order valence-corrected chi connectivity index (χ0v) is 11.9. The van der Waals surface area contributed by atoms with E-state index in [0.29, 0.717) is 0 Å². The molecule has 0 aromatic heterocycles. The van der Waals surface area contributed by atoms with Gasteiger partial charge < -0.3 is 10.6 Å². The summed E-state index contributed by atoms with van der Waals surface area (Å²) in [6.07, 6.45) is 3.34. The van der Waals surface area contributed by atoms with Crippen molar-refractivity contribution in [2.24, 2.45) is 5.73 Å². The number of aryl methyl sites for hydroxylation is 1. The molecule has 20 heavy (non-hydrogen) atoms. The lowest BCUT2D eigenvalue weighted by atomic mass is 10.0. The van der Waals surface area contributed by atoms with Crippen LogP contribution in [0.3, 0.4) is 0 Å². The maximum absolute atomic E-state index is 5.59. The zero-order chi connectivity index (χ0) is 13.8. The third-order valence-corrected chi connectivity index (χ3v) is 4.02. The highest BCUT2D eigenvalue weighted by atomic mass is 15.1. The Morgan fingerprint density at radius 3 is 2.65 bits per heavy atom. The molecule has 2 aromatic carbocycles. The van der Waals surface area contributed by atoms with Crippen LogP contribution in [0.1, 0.15) is 23.1 Å². The first kappa shape index (κ1) is 13.2. The summed E-state index contributed by atoms with van der Waals surface area (Å²) in [5.74, 6) is 0. The van der Waals surface area contributed by atoms with Crippen LogP contribution in [0, 0.1) is 0 Å². The van der Waals surface area contributed by atoms with Gasteiger partial charge in [-0.3, -0.25) is 0 Å². The van der Waals surface area contributed by atoms with Crippen LogP contribution in [0.2, 0.25) is 0 Å². The van der Waals surface area contributed by atoms with Crippen molar-refractivity contribution in [2.45, 2.75) is 25.8 Å². The molecule has 1 heterocycles. The number of nitrogens with zero attached hydrogens (tertiary/aromatic N) is 1. The Morgan fingerprint density at radius 1 is 1.00 bits per heavy atom. The van der Waals surface area contributed by atoms with Crippen molar-refractivity contribution in [1.29, 1.82) is 0 Å². The summed E-state index contributed by atoms with van der Waals surface area (Å²) in [4.78, 5) is 2.48. The molecule has 0 amide bonds. The van der Waals surface area contributed by atoms with Crippen molar-refractivity contribution in [3.05, 3.63) is 65.2 Å². The largest absolute Gasteiger partial charge is 0.367 e. The van der Waals surface area contributed by atoms with E-state index in [1.54, 1.807) is 0 Å². The Morgan fingerprint density at radius 2 is 1.85 bits per heavy atom. The van der Waals surface area contributed by atoms with Gasteiger partial charge in [-0.15, -0.1) is 0 Å². The third kappa shape index (κ3) is 2.86. The molecule has 0 atom stereocenters. The molecule has 0 bridgehead atoms. The zero-order valence-electron chi connectivity index (χ0n) is 11.9. The molecule has 0 saturated heterocycles. The topological polar surface area (TPSA) is 29.3 Å². The fourth-order valence-corrected chi connectivity index (χ4v) is 2.95. The van der Waals surface area contributed by atoms with Crippen LogP contribution in [-0.4, -0.2) is 13.1 Å². The van der Waals surface area contributed by atoms with Gasteiger partial charge in [0.1, 0.15) is 0 Å². The quantitative estimate of drug-likeness (QED) is 0.901. The predicted octanol–water partition coefficient (Wildman–Crippen LogP) is 3.14. The van der Waals surface area contributed by atoms with E-state index in [2.05, 4.69) is 53.4 Å². The maximum atomic E-state index is 5.59. The fraction of sp³-hybridized carbons (Fsp3) is 0.333. The molecule has 0 fully saturated rings. The summed E-state index contributed by atoms with van der Waals surface area (Å²) < 4.78 is 0. The molecule has 1 aliphatic rings. The van der Waals surface area contributed by atoms with Crippen molar-refractivity contribution in [1.82, 2.24) is 0 Å². The molecular formula is C18H22N2. The minimum absolute atomic E-state index is 0.775. The molecule has 2 nitrogen and oxygen atoms in total. The number of hydrogen-bond acceptors (Lipinski definition) is 2. The van der Waals surface area contributed by atoms with Gasteiger partial charge in [0.25, 0.3) is 0 Å². The smallest absolute Gasteiger partial charge is 0.0429 e. The van der Waals surface area contributed by atoms with E-state index < -0.39 is 0 Å². The Kier molecular flexibility index (Phi) is 4.03. The summed E-state index contributed by atoms with van der Waals surface area (Å²) in [7, 11) is 0. The van der Waals surface area contributed by atoms with Crippen LogP contribution in [0.25, 0.3) is 0 Å². The van der Waals surface area contributed by atoms with Crippen molar-refractivity contribution >= 4 is 5.69 Å². The molecule has 2 N–H and O–H groups in total. The lowest BCUT2D eigenvalue weighted by molar-refractivity contribution is 0.831. The van der Waals surface area contributed by atoms with Gasteiger partial charge in [-0.2, -0.15) is 0 Å². The molecule has 2 aromatic rings. The maximum Gasteiger partial charge on any atom is 0.0429 e. The second-order valence-corrected chi connectivity index (χ2v) is 5.51. The fourth-order valence-electron chi connectivity index (χ4n) is 2.95. The monoisotopic (exact) mass is 266 g/mol. The van der Waals surface area contributed by atoms with E-state index in [4.69, 9.17) is 5.73 Å². The molecule has 0 spiro atoms. The molecule has 0 aliphatic carbocycles. The summed E-state index contributed by atoms with van der Waals surface area (Å²) in [6, 6.07) is 17.6. The summed E-state index contributed by atoms with van der Waals surface area (Å²) in [5.41, 5.74) is 11.3. The average Bonchev–Trinajstić information content (AvgIpc) is 2.89. The second kappa shape index (κ2) is 6.10. The van der Waals surface area contributed by atoms with E-state index >= 15 is 0 Å². The standard InChI is InChI=1S/C18H22N2/c19-11-4-7-15-8-9-18-17(13-15)10-12-20(18)14-16-5-2-1-3-6-16/h1-3,5-6,8-9,13H,4,7,10-12,14,19H2. The molecular weight excluding hydrogens is 244 g/mol. The van der Waals surface area contributed by atoms with E-state index in [9.17, 15) is 0 Å². The number of fused-ring (bicyclic) bond motifs is 1. The second-order valence-electron chi connectivity index (χ2n) is 5.51. The van der Waals surface area contributed by atoms with Gasteiger partial charge in [-0.25, -0.2) is 0 Å². The lowest BCUT2D eigenvalue weighted by Gasteiger charge is -2.19. The summed E-state index contributed by atoms with van der Waals surface area (Å²) in [5, 5.41) is 0. The van der Waals surface area contributed by atoms with Gasteiger partial charge in [0.05, 0.1) is 0 Å². The predicted molar refractivity (Wildman–Crippen MR) is 85.0 cm³/mol. The van der Waals surface area contributed by atoms with Crippen LogP contribution >= 0.6 is 0 Å². The van der Waals surface area contributed by atoms with E-state index in [1.165, 1.54) is 28.8 Å². The van der Waals surface area contributed by atoms with Gasteiger partial charge in [0, 0.05) is 18.8 Å². The van der Waals surface area contributed by atoms with Crippen LogP contribution in [0.4, 0.5) is 5.69 Å². The highest BCUT2D eigenvalue weighted by Gasteiger charge is 2.19. The van der Waals surface area contributed by atoms with E-state index in [-0.39, 0.29) is 0 Å². The minimum Gasteiger partial charge on any atom is -0.367 e. The first-order chi connectivity index (χ1) is 9.86. The molecule has 3 rings (SSSR count). The van der Waals surface area contributed by atoms with Gasteiger partial charge in [0.2, 0.25) is 0 Å². The number of anilines is 1. The number of rotatable bonds is 5. The van der Waals surface area contributed by atoms with Crippen molar-refractivity contribution in [3.63, 3.8) is 0 Å². The normalized spacial score (nSPS) is 13.6. The highest BCUT2D eigenvalue weighted by molar-refractivity contribution is 5.59. The Labute approximate surface area is 121 Å². The summed E-state index contributed by atoms with van der Waals surface area (Å²) >= 11 is 0. The van der Waals surface area contributed by atoms with Gasteiger partial charge in [-0.1, -0.05) is 42.5 Å². The highest BCUT2D eigenvalue weighted by Crippen LogP contribution is 2.30. The molecule has 1 aliphatic heterocycles. The SMILES string of the molecule is NCCCc1ccc2c(c1)CCN2Cc1ccccc1. The van der Waals surface area contributed by atoms with Gasteiger partial charge in [-0.05, 0) is 48.6 Å². The minimum atomic E-state index is 0.775. The van der Waals surface area contributed by atoms with Crippen molar-refractivity contribution in [3.8, 4) is 0 Å². The van der Waals surface area contributed by atoms with Crippen molar-refractivity contribution in [2.75, 3.05) is 18.0 Å². The first-order valence-electron chi connectivity index (χ1n) is 7.47. The molecule has 2 heteroatoms. The van der Waals surface area contributed by atoms with E-state index in [1.807, 2.05) is 0 Å².